The van der Waals surface area contributed by atoms with Gasteiger partial charge in [0.15, 0.2) is 4.80 Å². The van der Waals surface area contributed by atoms with Gasteiger partial charge >= 0.3 is 0 Å². The Hall–Kier alpha value is -2.55. The van der Waals surface area contributed by atoms with E-state index in [9.17, 15) is 13.2 Å². The molecule has 0 unspecified atom stereocenters. The minimum absolute atomic E-state index is 0.0787. The van der Waals surface area contributed by atoms with Crippen molar-refractivity contribution < 1.29 is 13.2 Å². The summed E-state index contributed by atoms with van der Waals surface area (Å²) >= 11 is 1.34. The first kappa shape index (κ1) is 19.2. The summed E-state index contributed by atoms with van der Waals surface area (Å²) in [5.74, 6) is -0.479. The number of carbonyl (C=O) groups excluding carboxylic acids is 1. The molecule has 0 spiro atoms. The summed E-state index contributed by atoms with van der Waals surface area (Å²) in [6.07, 6.45) is 1.80. The first-order valence-electron chi connectivity index (χ1n) is 8.20. The van der Waals surface area contributed by atoms with E-state index in [0.29, 0.717) is 10.4 Å². The van der Waals surface area contributed by atoms with Crippen molar-refractivity contribution in [2.75, 3.05) is 0 Å². The van der Waals surface area contributed by atoms with Crippen LogP contribution in [-0.4, -0.2) is 18.9 Å². The Bertz CT molecular complexity index is 1130. The minimum atomic E-state index is -3.76. The molecule has 0 aliphatic heterocycles. The number of amides is 1. The van der Waals surface area contributed by atoms with Crippen LogP contribution in [0.2, 0.25) is 0 Å². The number of thiazole rings is 1. The predicted molar refractivity (Wildman–Crippen MR) is 105 cm³/mol. The number of benzene rings is 2. The van der Waals surface area contributed by atoms with Crippen LogP contribution in [0, 0.1) is 6.92 Å². The minimum Gasteiger partial charge on any atom is -0.327 e. The zero-order chi connectivity index (χ0) is 19.4. The average Bonchev–Trinajstić information content (AvgIpc) is 3.06. The van der Waals surface area contributed by atoms with Crippen molar-refractivity contribution >= 4 is 27.3 Å². The third kappa shape index (κ3) is 4.60. The van der Waals surface area contributed by atoms with Gasteiger partial charge in [-0.05, 0) is 30.2 Å². The van der Waals surface area contributed by atoms with Gasteiger partial charge in [-0.15, -0.1) is 11.3 Å². The lowest BCUT2D eigenvalue weighted by molar-refractivity contribution is 0.0997. The molecule has 0 atom stereocenters. The number of sulfonamides is 1. The fourth-order valence-corrected chi connectivity index (χ4v) is 4.47. The molecule has 6 nitrogen and oxygen atoms in total. The summed E-state index contributed by atoms with van der Waals surface area (Å²) < 4.78 is 29.7. The maximum Gasteiger partial charge on any atom is 0.279 e. The highest BCUT2D eigenvalue weighted by Crippen LogP contribution is 2.18. The summed E-state index contributed by atoms with van der Waals surface area (Å²) in [6.45, 7) is 1.87. The SMILES string of the molecule is Cc1ccc(C(=O)N=c2sccn2C)cc1S(=O)(=O)NCc1ccccc1. The number of hydrogen-bond acceptors (Lipinski definition) is 4. The molecule has 3 aromatic rings. The van der Waals surface area contributed by atoms with Gasteiger partial charge in [-0.25, -0.2) is 13.1 Å². The summed E-state index contributed by atoms with van der Waals surface area (Å²) in [4.78, 5) is 17.1. The van der Waals surface area contributed by atoms with Crippen LogP contribution >= 0.6 is 11.3 Å². The monoisotopic (exact) mass is 401 g/mol. The van der Waals surface area contributed by atoms with Crippen LogP contribution in [0.1, 0.15) is 21.5 Å². The van der Waals surface area contributed by atoms with Crippen LogP contribution < -0.4 is 9.52 Å². The number of rotatable bonds is 5. The number of nitrogens with one attached hydrogen (secondary N) is 1. The van der Waals surface area contributed by atoms with E-state index in [1.807, 2.05) is 35.7 Å². The second kappa shape index (κ2) is 7.99. The topological polar surface area (TPSA) is 80.5 Å². The second-order valence-corrected chi connectivity index (χ2v) is 8.61. The molecule has 0 saturated heterocycles. The van der Waals surface area contributed by atoms with E-state index in [2.05, 4.69) is 9.71 Å². The lowest BCUT2D eigenvalue weighted by Crippen LogP contribution is -2.24. The lowest BCUT2D eigenvalue weighted by atomic mass is 10.1. The Morgan fingerprint density at radius 3 is 2.59 bits per heavy atom. The van der Waals surface area contributed by atoms with Crippen LogP contribution in [0.5, 0.6) is 0 Å². The molecule has 0 saturated carbocycles. The summed E-state index contributed by atoms with van der Waals surface area (Å²) in [6, 6.07) is 13.8. The predicted octanol–water partition coefficient (Wildman–Crippen LogP) is 2.61. The van der Waals surface area contributed by atoms with Crippen molar-refractivity contribution in [3.05, 3.63) is 81.6 Å². The molecule has 1 N–H and O–H groups in total. The number of aryl methyl sites for hydroxylation is 2. The number of nitrogens with zero attached hydrogens (tertiary/aromatic N) is 2. The third-order valence-electron chi connectivity index (χ3n) is 3.99. The maximum atomic E-state index is 12.7. The molecule has 140 valence electrons. The first-order chi connectivity index (χ1) is 12.9. The van der Waals surface area contributed by atoms with E-state index in [0.717, 1.165) is 5.56 Å². The fourth-order valence-electron chi connectivity index (χ4n) is 2.46. The highest BCUT2D eigenvalue weighted by molar-refractivity contribution is 7.89. The van der Waals surface area contributed by atoms with Crippen LogP contribution in [0.3, 0.4) is 0 Å². The van der Waals surface area contributed by atoms with Crippen LogP contribution in [0.25, 0.3) is 0 Å². The number of carbonyl (C=O) groups is 1. The normalized spacial score (nSPS) is 12.3. The Labute approximate surface area is 161 Å². The molecule has 8 heteroatoms. The number of aromatic nitrogens is 1. The van der Waals surface area contributed by atoms with Crippen LogP contribution in [0.4, 0.5) is 0 Å². The quantitative estimate of drug-likeness (QED) is 0.714. The molecule has 1 heterocycles. The molecule has 0 aliphatic rings. The van der Waals surface area contributed by atoms with Crippen molar-refractivity contribution in [2.24, 2.45) is 12.0 Å². The Kier molecular flexibility index (Phi) is 5.69. The maximum absolute atomic E-state index is 12.7. The highest BCUT2D eigenvalue weighted by Gasteiger charge is 2.19. The second-order valence-electron chi connectivity index (χ2n) is 6.00. The molecule has 0 aliphatic carbocycles. The van der Waals surface area contributed by atoms with Gasteiger partial charge in [0.05, 0.1) is 4.90 Å². The van der Waals surface area contributed by atoms with Crippen molar-refractivity contribution in [3.8, 4) is 0 Å². The summed E-state index contributed by atoms with van der Waals surface area (Å²) in [5.41, 5.74) is 1.65. The summed E-state index contributed by atoms with van der Waals surface area (Å²) in [7, 11) is -1.97. The largest absolute Gasteiger partial charge is 0.327 e. The van der Waals surface area contributed by atoms with E-state index >= 15 is 0 Å². The molecule has 27 heavy (non-hydrogen) atoms. The molecule has 3 rings (SSSR count). The first-order valence-corrected chi connectivity index (χ1v) is 10.6. The Morgan fingerprint density at radius 1 is 1.19 bits per heavy atom. The van der Waals surface area contributed by atoms with Gasteiger partial charge in [0, 0.05) is 30.7 Å². The van der Waals surface area contributed by atoms with Gasteiger partial charge in [-0.2, -0.15) is 4.99 Å². The third-order valence-corrected chi connectivity index (χ3v) is 6.38. The molecular weight excluding hydrogens is 382 g/mol. The van der Waals surface area contributed by atoms with E-state index < -0.39 is 15.9 Å². The van der Waals surface area contributed by atoms with Gasteiger partial charge in [-0.1, -0.05) is 36.4 Å². The zero-order valence-corrected chi connectivity index (χ0v) is 16.5. The van der Waals surface area contributed by atoms with Crippen molar-refractivity contribution in [1.29, 1.82) is 0 Å². The van der Waals surface area contributed by atoms with E-state index in [1.165, 1.54) is 17.4 Å². The zero-order valence-electron chi connectivity index (χ0n) is 14.9. The van der Waals surface area contributed by atoms with Crippen LogP contribution in [-0.2, 0) is 23.6 Å². The molecule has 0 radical (unpaired) electrons. The molecule has 0 fully saturated rings. The fraction of sp³-hybridized carbons (Fsp3) is 0.158. The van der Waals surface area contributed by atoms with E-state index in [4.69, 9.17) is 0 Å². The van der Waals surface area contributed by atoms with Crippen LogP contribution in [0.15, 0.2) is 70.0 Å². The standard InChI is InChI=1S/C19H19N3O3S2/c1-14-8-9-16(18(23)21-19-22(2)10-11-26-19)12-17(14)27(24,25)20-13-15-6-4-3-5-7-15/h3-12,20H,13H2,1-2H3. The van der Waals surface area contributed by atoms with E-state index in [-0.39, 0.29) is 17.0 Å². The van der Waals surface area contributed by atoms with Gasteiger partial charge in [0.25, 0.3) is 5.91 Å². The van der Waals surface area contributed by atoms with Gasteiger partial charge in [-0.3, -0.25) is 4.79 Å². The molecule has 1 amide bonds. The van der Waals surface area contributed by atoms with Crippen molar-refractivity contribution in [3.63, 3.8) is 0 Å². The van der Waals surface area contributed by atoms with Crippen molar-refractivity contribution in [2.45, 2.75) is 18.4 Å². The average molecular weight is 402 g/mol. The van der Waals surface area contributed by atoms with Crippen molar-refractivity contribution in [1.82, 2.24) is 9.29 Å². The van der Waals surface area contributed by atoms with Gasteiger partial charge in [0.2, 0.25) is 10.0 Å². The Balaban J connectivity index is 1.88. The van der Waals surface area contributed by atoms with Gasteiger partial charge < -0.3 is 4.57 Å². The lowest BCUT2D eigenvalue weighted by Gasteiger charge is -2.10. The highest BCUT2D eigenvalue weighted by atomic mass is 32.2. The molecule has 1 aromatic heterocycles. The smallest absolute Gasteiger partial charge is 0.279 e. The molecular formula is C19H19N3O3S2. The molecule has 2 aromatic carbocycles. The Morgan fingerprint density at radius 2 is 1.93 bits per heavy atom. The molecule has 0 bridgehead atoms. The van der Waals surface area contributed by atoms with E-state index in [1.54, 1.807) is 36.9 Å². The number of hydrogen-bond donors (Lipinski definition) is 1. The summed E-state index contributed by atoms with van der Waals surface area (Å²) in [5, 5.41) is 1.82. The van der Waals surface area contributed by atoms with Gasteiger partial charge in [0.1, 0.15) is 0 Å².